The van der Waals surface area contributed by atoms with Gasteiger partial charge in [-0.2, -0.15) is 0 Å². The highest BCUT2D eigenvalue weighted by atomic mass is 16.6. The van der Waals surface area contributed by atoms with Crippen LogP contribution in [0.4, 0.5) is 11.4 Å². The van der Waals surface area contributed by atoms with Crippen molar-refractivity contribution in [1.82, 2.24) is 0 Å². The third-order valence-electron chi connectivity index (χ3n) is 4.27. The van der Waals surface area contributed by atoms with Crippen LogP contribution < -0.4 is 10.1 Å². The molecule has 6 heteroatoms. The van der Waals surface area contributed by atoms with Crippen molar-refractivity contribution in [1.29, 1.82) is 0 Å². The van der Waals surface area contributed by atoms with Gasteiger partial charge in [0.05, 0.1) is 4.92 Å². The van der Waals surface area contributed by atoms with Gasteiger partial charge in [0.1, 0.15) is 11.4 Å². The Kier molecular flexibility index (Phi) is 5.65. The molecular weight excluding hydrogens is 332 g/mol. The van der Waals surface area contributed by atoms with Gasteiger partial charge in [0.2, 0.25) is 0 Å². The van der Waals surface area contributed by atoms with Crippen molar-refractivity contribution in [3.8, 4) is 5.75 Å². The minimum absolute atomic E-state index is 0.0392. The first-order chi connectivity index (χ1) is 12.1. The van der Waals surface area contributed by atoms with Crippen LogP contribution >= 0.6 is 0 Å². The van der Waals surface area contributed by atoms with Crippen LogP contribution in [-0.2, 0) is 10.2 Å². The number of aryl methyl sites for hydroxylation is 1. The second-order valence-corrected chi connectivity index (χ2v) is 7.27. The van der Waals surface area contributed by atoms with Crippen LogP contribution in [-0.4, -0.2) is 17.4 Å². The summed E-state index contributed by atoms with van der Waals surface area (Å²) in [7, 11) is 0. The van der Waals surface area contributed by atoms with Gasteiger partial charge in [-0.05, 0) is 48.1 Å². The molecule has 0 bridgehead atoms. The van der Waals surface area contributed by atoms with Crippen LogP contribution in [0.2, 0.25) is 0 Å². The fraction of sp³-hybridized carbons (Fsp3) is 0.350. The van der Waals surface area contributed by atoms with Crippen LogP contribution in [0.25, 0.3) is 0 Å². The van der Waals surface area contributed by atoms with Gasteiger partial charge in [-0.3, -0.25) is 14.9 Å². The van der Waals surface area contributed by atoms with Gasteiger partial charge in [-0.25, -0.2) is 0 Å². The summed E-state index contributed by atoms with van der Waals surface area (Å²) < 4.78 is 5.50. The highest BCUT2D eigenvalue weighted by Gasteiger charge is 2.19. The van der Waals surface area contributed by atoms with Crippen molar-refractivity contribution in [2.24, 2.45) is 0 Å². The molecule has 2 rings (SSSR count). The van der Waals surface area contributed by atoms with E-state index in [9.17, 15) is 14.9 Å². The summed E-state index contributed by atoms with van der Waals surface area (Å²) in [6, 6.07) is 10.6. The van der Waals surface area contributed by atoms with Gasteiger partial charge in [-0.1, -0.05) is 39.0 Å². The summed E-state index contributed by atoms with van der Waals surface area (Å²) in [6.07, 6.45) is 0. The number of carbonyl (C=O) groups excluding carboxylic acids is 1. The van der Waals surface area contributed by atoms with Gasteiger partial charge in [0.25, 0.3) is 11.6 Å². The van der Waals surface area contributed by atoms with Gasteiger partial charge < -0.3 is 10.1 Å². The van der Waals surface area contributed by atoms with E-state index in [0.717, 1.165) is 5.56 Å². The first-order valence-electron chi connectivity index (χ1n) is 8.37. The lowest BCUT2D eigenvalue weighted by molar-refractivity contribution is -0.384. The van der Waals surface area contributed by atoms with Crippen molar-refractivity contribution in [2.75, 3.05) is 11.9 Å². The van der Waals surface area contributed by atoms with Gasteiger partial charge in [0, 0.05) is 6.07 Å². The van der Waals surface area contributed by atoms with E-state index in [2.05, 4.69) is 26.1 Å². The maximum Gasteiger partial charge on any atom is 0.293 e. The Hall–Kier alpha value is -2.89. The van der Waals surface area contributed by atoms with E-state index >= 15 is 0 Å². The first-order valence-corrected chi connectivity index (χ1v) is 8.37. The fourth-order valence-electron chi connectivity index (χ4n) is 2.49. The van der Waals surface area contributed by atoms with E-state index in [4.69, 9.17) is 4.74 Å². The minimum atomic E-state index is -0.506. The van der Waals surface area contributed by atoms with Crippen LogP contribution in [0.5, 0.6) is 5.75 Å². The van der Waals surface area contributed by atoms with E-state index in [1.165, 1.54) is 11.6 Å². The zero-order valence-corrected chi connectivity index (χ0v) is 15.8. The lowest BCUT2D eigenvalue weighted by Crippen LogP contribution is -2.21. The Balaban J connectivity index is 2.06. The largest absolute Gasteiger partial charge is 0.484 e. The maximum absolute atomic E-state index is 12.2. The summed E-state index contributed by atoms with van der Waals surface area (Å²) >= 11 is 0. The zero-order chi connectivity index (χ0) is 19.5. The van der Waals surface area contributed by atoms with E-state index < -0.39 is 10.8 Å². The number of nitro benzene ring substituents is 1. The Bertz CT molecular complexity index is 821. The fourth-order valence-corrected chi connectivity index (χ4v) is 2.49. The summed E-state index contributed by atoms with van der Waals surface area (Å²) in [5.74, 6) is 0.130. The lowest BCUT2D eigenvalue weighted by Gasteiger charge is -2.19. The second-order valence-electron chi connectivity index (χ2n) is 7.27. The predicted molar refractivity (Wildman–Crippen MR) is 102 cm³/mol. The predicted octanol–water partition coefficient (Wildman–Crippen LogP) is 4.53. The number of rotatable bonds is 5. The van der Waals surface area contributed by atoms with Crippen LogP contribution in [0.3, 0.4) is 0 Å². The number of nitrogens with one attached hydrogen (secondary N) is 1. The Morgan fingerprint density at radius 2 is 1.73 bits per heavy atom. The molecule has 0 aromatic heterocycles. The Labute approximate surface area is 153 Å². The molecule has 0 aliphatic rings. The molecule has 1 amide bonds. The molecule has 0 fully saturated rings. The monoisotopic (exact) mass is 356 g/mol. The number of nitrogens with zero attached hydrogens (tertiary/aromatic N) is 1. The van der Waals surface area contributed by atoms with Crippen LogP contribution in [0.15, 0.2) is 36.4 Å². The highest BCUT2D eigenvalue weighted by Crippen LogP contribution is 2.30. The number of anilines is 1. The second kappa shape index (κ2) is 7.56. The molecule has 0 aliphatic heterocycles. The van der Waals surface area contributed by atoms with Crippen molar-refractivity contribution in [3.05, 3.63) is 63.2 Å². The number of carbonyl (C=O) groups is 1. The Morgan fingerprint density at radius 3 is 2.27 bits per heavy atom. The smallest absolute Gasteiger partial charge is 0.293 e. The number of hydrogen-bond donors (Lipinski definition) is 1. The average Bonchev–Trinajstić information content (AvgIpc) is 2.56. The summed E-state index contributed by atoms with van der Waals surface area (Å²) in [5.41, 5.74) is 2.83. The molecule has 0 heterocycles. The molecule has 0 atom stereocenters. The van der Waals surface area contributed by atoms with Gasteiger partial charge in [-0.15, -0.1) is 0 Å². The van der Waals surface area contributed by atoms with E-state index in [0.29, 0.717) is 11.3 Å². The molecule has 0 unspecified atom stereocenters. The SMILES string of the molecule is Cc1ccc([N+](=O)[O-])c(NC(=O)COc2ccc(C(C)(C)C)cc2)c1C. The standard InChI is InChI=1S/C20H24N2O4/c1-13-6-11-17(22(24)25)19(14(13)2)21-18(23)12-26-16-9-7-15(8-10-16)20(3,4)5/h6-11H,12H2,1-5H3,(H,21,23). The lowest BCUT2D eigenvalue weighted by atomic mass is 9.87. The molecule has 0 saturated carbocycles. The van der Waals surface area contributed by atoms with Gasteiger partial charge in [0.15, 0.2) is 6.61 Å². The zero-order valence-electron chi connectivity index (χ0n) is 15.8. The van der Waals surface area contributed by atoms with Crippen molar-refractivity contribution >= 4 is 17.3 Å². The summed E-state index contributed by atoms with van der Waals surface area (Å²) in [6.45, 7) is 9.71. The molecule has 26 heavy (non-hydrogen) atoms. The molecule has 2 aromatic rings. The first kappa shape index (κ1) is 19.4. The van der Waals surface area contributed by atoms with E-state index in [1.54, 1.807) is 13.0 Å². The third-order valence-corrected chi connectivity index (χ3v) is 4.27. The Morgan fingerprint density at radius 1 is 1.12 bits per heavy atom. The molecule has 2 aromatic carbocycles. The normalized spacial score (nSPS) is 11.1. The topological polar surface area (TPSA) is 81.5 Å². The maximum atomic E-state index is 12.2. The molecule has 1 N–H and O–H groups in total. The minimum Gasteiger partial charge on any atom is -0.484 e. The molecular formula is C20H24N2O4. The average molecular weight is 356 g/mol. The molecule has 138 valence electrons. The van der Waals surface area contributed by atoms with Crippen molar-refractivity contribution < 1.29 is 14.5 Å². The highest BCUT2D eigenvalue weighted by molar-refractivity contribution is 5.95. The summed E-state index contributed by atoms with van der Waals surface area (Å²) in [5, 5.41) is 13.8. The third kappa shape index (κ3) is 4.59. The van der Waals surface area contributed by atoms with Crippen LogP contribution in [0, 0.1) is 24.0 Å². The number of nitro groups is 1. The molecule has 0 radical (unpaired) electrons. The van der Waals surface area contributed by atoms with E-state index in [-0.39, 0.29) is 23.4 Å². The quantitative estimate of drug-likeness (QED) is 0.630. The van der Waals surface area contributed by atoms with Crippen molar-refractivity contribution in [2.45, 2.75) is 40.0 Å². The number of benzene rings is 2. The van der Waals surface area contributed by atoms with Gasteiger partial charge >= 0.3 is 0 Å². The summed E-state index contributed by atoms with van der Waals surface area (Å²) in [4.78, 5) is 22.9. The van der Waals surface area contributed by atoms with Crippen LogP contribution in [0.1, 0.15) is 37.5 Å². The number of ether oxygens (including phenoxy) is 1. The number of hydrogen-bond acceptors (Lipinski definition) is 4. The molecule has 0 saturated heterocycles. The number of amides is 1. The van der Waals surface area contributed by atoms with E-state index in [1.807, 2.05) is 31.2 Å². The molecule has 0 aliphatic carbocycles. The molecule has 0 spiro atoms. The molecule has 6 nitrogen and oxygen atoms in total. The van der Waals surface area contributed by atoms with Crippen molar-refractivity contribution in [3.63, 3.8) is 0 Å².